The summed E-state index contributed by atoms with van der Waals surface area (Å²) in [7, 11) is 3.43. The highest BCUT2D eigenvalue weighted by Crippen LogP contribution is 2.37. The zero-order valence-electron chi connectivity index (χ0n) is 17.8. The number of carbonyl (C=O) groups excluding carboxylic acids is 1. The van der Waals surface area contributed by atoms with Gasteiger partial charge in [0.15, 0.2) is 0 Å². The van der Waals surface area contributed by atoms with E-state index in [2.05, 4.69) is 25.7 Å². The van der Waals surface area contributed by atoms with Gasteiger partial charge in [-0.1, -0.05) is 23.7 Å². The molecule has 9 nitrogen and oxygen atoms in total. The normalized spacial score (nSPS) is 20.4. The van der Waals surface area contributed by atoms with Gasteiger partial charge in [0.05, 0.1) is 11.6 Å². The van der Waals surface area contributed by atoms with Gasteiger partial charge in [-0.3, -0.25) is 9.80 Å². The lowest BCUT2D eigenvalue weighted by Crippen LogP contribution is -2.34. The molecule has 32 heavy (non-hydrogen) atoms. The molecule has 10 heteroatoms. The molecule has 0 spiro atoms. The predicted molar refractivity (Wildman–Crippen MR) is 124 cm³/mol. The van der Waals surface area contributed by atoms with Crippen molar-refractivity contribution in [2.45, 2.75) is 36.9 Å². The van der Waals surface area contributed by atoms with Gasteiger partial charge in [-0.05, 0) is 37.0 Å². The summed E-state index contributed by atoms with van der Waals surface area (Å²) < 4.78 is 6.26. The third-order valence-electron chi connectivity index (χ3n) is 5.87. The SMILES string of the molecule is CNC(=O)c1ccc(-c2c[nH]c3nc(NC4C=NN(C)C4Cl)nc(OC4CCC4)c23)cc1. The number of ether oxygens (including phenoxy) is 1. The Morgan fingerprint density at radius 3 is 2.66 bits per heavy atom. The van der Waals surface area contributed by atoms with Crippen LogP contribution in [0.2, 0.25) is 0 Å². The molecule has 2 atom stereocenters. The van der Waals surface area contributed by atoms with E-state index in [-0.39, 0.29) is 23.6 Å². The number of halogens is 1. The van der Waals surface area contributed by atoms with Crippen LogP contribution in [0, 0.1) is 0 Å². The average molecular weight is 454 g/mol. The molecule has 0 radical (unpaired) electrons. The molecule has 1 fully saturated rings. The topological polar surface area (TPSA) is 108 Å². The predicted octanol–water partition coefficient (Wildman–Crippen LogP) is 3.19. The number of hydrogen-bond acceptors (Lipinski definition) is 7. The van der Waals surface area contributed by atoms with Crippen LogP contribution in [-0.2, 0) is 0 Å². The molecule has 3 aromatic rings. The van der Waals surface area contributed by atoms with Gasteiger partial charge < -0.3 is 20.4 Å². The number of benzene rings is 1. The minimum atomic E-state index is -0.330. The smallest absolute Gasteiger partial charge is 0.251 e. The molecule has 5 rings (SSSR count). The number of nitrogens with zero attached hydrogens (tertiary/aromatic N) is 4. The number of H-pyrrole nitrogens is 1. The molecule has 2 aromatic heterocycles. The van der Waals surface area contributed by atoms with Gasteiger partial charge in [-0.25, -0.2) is 0 Å². The van der Waals surface area contributed by atoms with Crippen molar-refractivity contribution in [1.82, 2.24) is 25.3 Å². The lowest BCUT2D eigenvalue weighted by Gasteiger charge is -2.26. The Bertz CT molecular complexity index is 1170. The molecule has 1 aliphatic heterocycles. The number of hydrazone groups is 1. The van der Waals surface area contributed by atoms with Crippen LogP contribution in [0.4, 0.5) is 5.95 Å². The summed E-state index contributed by atoms with van der Waals surface area (Å²) in [5.74, 6) is 0.832. The molecule has 1 saturated carbocycles. The summed E-state index contributed by atoms with van der Waals surface area (Å²) in [6, 6.07) is 7.20. The van der Waals surface area contributed by atoms with Gasteiger partial charge in [0.1, 0.15) is 23.3 Å². The van der Waals surface area contributed by atoms with Gasteiger partial charge >= 0.3 is 0 Å². The van der Waals surface area contributed by atoms with Crippen molar-refractivity contribution in [2.75, 3.05) is 19.4 Å². The molecule has 3 N–H and O–H groups in total. The van der Waals surface area contributed by atoms with Crippen LogP contribution in [0.15, 0.2) is 35.6 Å². The Balaban J connectivity index is 1.52. The molecular weight excluding hydrogens is 430 g/mol. The maximum absolute atomic E-state index is 11.9. The molecule has 2 unspecified atom stereocenters. The summed E-state index contributed by atoms with van der Waals surface area (Å²) in [5.41, 5.74) is 2.79. The van der Waals surface area contributed by atoms with Crippen LogP contribution in [0.25, 0.3) is 22.2 Å². The van der Waals surface area contributed by atoms with Crippen LogP contribution < -0.4 is 15.4 Å². The van der Waals surface area contributed by atoms with Crippen molar-refractivity contribution in [3.05, 3.63) is 36.0 Å². The number of alkyl halides is 1. The van der Waals surface area contributed by atoms with Gasteiger partial charge in [-0.2, -0.15) is 15.1 Å². The van der Waals surface area contributed by atoms with E-state index in [4.69, 9.17) is 21.3 Å². The third-order valence-corrected chi connectivity index (χ3v) is 6.43. The number of likely N-dealkylation sites (N-methyl/N-ethyl adjacent to an activating group) is 1. The van der Waals surface area contributed by atoms with E-state index in [1.807, 2.05) is 25.4 Å². The second kappa shape index (κ2) is 8.31. The van der Waals surface area contributed by atoms with Crippen molar-refractivity contribution >= 4 is 40.7 Å². The maximum atomic E-state index is 11.9. The molecule has 1 aliphatic carbocycles. The van der Waals surface area contributed by atoms with Gasteiger partial charge in [0.25, 0.3) is 5.91 Å². The minimum Gasteiger partial charge on any atom is -0.474 e. The molecule has 3 heterocycles. The molecule has 0 bridgehead atoms. The fourth-order valence-corrected chi connectivity index (χ4v) is 3.95. The van der Waals surface area contributed by atoms with E-state index in [9.17, 15) is 4.79 Å². The van der Waals surface area contributed by atoms with Gasteiger partial charge in [0, 0.05) is 31.4 Å². The van der Waals surface area contributed by atoms with Gasteiger partial charge in [0.2, 0.25) is 11.8 Å². The average Bonchev–Trinajstić information content (AvgIpc) is 3.34. The Labute approximate surface area is 190 Å². The molecule has 2 aliphatic rings. The van der Waals surface area contributed by atoms with E-state index in [0.29, 0.717) is 23.0 Å². The number of hydrogen-bond donors (Lipinski definition) is 3. The first-order valence-corrected chi connectivity index (χ1v) is 11.0. The number of aromatic nitrogens is 3. The Hall–Kier alpha value is -3.33. The molecule has 1 aromatic carbocycles. The number of aromatic amines is 1. The second-order valence-electron chi connectivity index (χ2n) is 7.99. The van der Waals surface area contributed by atoms with Crippen LogP contribution in [0.3, 0.4) is 0 Å². The van der Waals surface area contributed by atoms with E-state index in [1.165, 1.54) is 0 Å². The largest absolute Gasteiger partial charge is 0.474 e. The standard InChI is InChI=1S/C22H24ClN7O2/c1-24-20(31)13-8-6-12(7-9-13)15-10-25-19-17(15)21(32-14-4-3-5-14)29-22(28-19)27-16-11-26-30(2)18(16)23/h6-11,14,16,18H,3-5H2,1-2H3,(H,24,31)(H2,25,27,28,29). The van der Waals surface area contributed by atoms with Crippen molar-refractivity contribution in [2.24, 2.45) is 5.10 Å². The summed E-state index contributed by atoms with van der Waals surface area (Å²) in [4.78, 5) is 24.5. The van der Waals surface area contributed by atoms with Crippen LogP contribution in [0.1, 0.15) is 29.6 Å². The number of nitrogens with one attached hydrogen (secondary N) is 3. The van der Waals surface area contributed by atoms with E-state index in [1.54, 1.807) is 30.4 Å². The number of carbonyl (C=O) groups is 1. The van der Waals surface area contributed by atoms with Crippen LogP contribution >= 0.6 is 11.6 Å². The number of rotatable bonds is 6. The van der Waals surface area contributed by atoms with E-state index in [0.717, 1.165) is 35.8 Å². The van der Waals surface area contributed by atoms with Crippen LogP contribution in [-0.4, -0.2) is 63.8 Å². The van der Waals surface area contributed by atoms with Crippen molar-refractivity contribution < 1.29 is 9.53 Å². The number of amides is 1. The highest BCUT2D eigenvalue weighted by atomic mass is 35.5. The van der Waals surface area contributed by atoms with E-state index < -0.39 is 0 Å². The van der Waals surface area contributed by atoms with E-state index >= 15 is 0 Å². The lowest BCUT2D eigenvalue weighted by atomic mass is 9.96. The Kier molecular flexibility index (Phi) is 5.34. The number of fused-ring (bicyclic) bond motifs is 1. The first-order chi connectivity index (χ1) is 15.5. The summed E-state index contributed by atoms with van der Waals surface area (Å²) in [5, 5.41) is 12.6. The molecule has 0 saturated heterocycles. The zero-order valence-corrected chi connectivity index (χ0v) is 18.6. The third kappa shape index (κ3) is 3.73. The molecule has 1 amide bonds. The van der Waals surface area contributed by atoms with Crippen molar-refractivity contribution in [3.63, 3.8) is 0 Å². The highest BCUT2D eigenvalue weighted by Gasteiger charge is 2.28. The Morgan fingerprint density at radius 1 is 1.25 bits per heavy atom. The first-order valence-electron chi connectivity index (χ1n) is 10.6. The molecular formula is C22H24ClN7O2. The van der Waals surface area contributed by atoms with Crippen molar-refractivity contribution in [1.29, 1.82) is 0 Å². The maximum Gasteiger partial charge on any atom is 0.251 e. The fourth-order valence-electron chi connectivity index (χ4n) is 3.77. The highest BCUT2D eigenvalue weighted by molar-refractivity contribution is 6.22. The summed E-state index contributed by atoms with van der Waals surface area (Å²) in [6.45, 7) is 0. The summed E-state index contributed by atoms with van der Waals surface area (Å²) >= 11 is 6.40. The lowest BCUT2D eigenvalue weighted by molar-refractivity contribution is 0.0963. The van der Waals surface area contributed by atoms with Crippen LogP contribution in [0.5, 0.6) is 5.88 Å². The second-order valence-corrected chi connectivity index (χ2v) is 8.43. The van der Waals surface area contributed by atoms with Crippen molar-refractivity contribution in [3.8, 4) is 17.0 Å². The molecule has 166 valence electrons. The monoisotopic (exact) mass is 453 g/mol. The number of anilines is 1. The van der Waals surface area contributed by atoms with Gasteiger partial charge in [-0.15, -0.1) is 0 Å². The minimum absolute atomic E-state index is 0.123. The quantitative estimate of drug-likeness (QED) is 0.391. The zero-order chi connectivity index (χ0) is 22.2. The summed E-state index contributed by atoms with van der Waals surface area (Å²) in [6.07, 6.45) is 6.97. The fraction of sp³-hybridized carbons (Fsp3) is 0.364. The first kappa shape index (κ1) is 20.6. The Morgan fingerprint density at radius 2 is 2.03 bits per heavy atom.